The van der Waals surface area contributed by atoms with Crippen molar-refractivity contribution in [3.05, 3.63) is 57.4 Å². The van der Waals surface area contributed by atoms with Gasteiger partial charge >= 0.3 is 5.97 Å². The fourth-order valence-electron chi connectivity index (χ4n) is 2.97. The highest BCUT2D eigenvalue weighted by Crippen LogP contribution is 2.40. The maximum atomic E-state index is 11.8. The number of nitrogens with one attached hydrogen (secondary N) is 1. The number of halogens is 1. The van der Waals surface area contributed by atoms with Crippen LogP contribution in [0.2, 0.25) is 5.02 Å². The fourth-order valence-corrected chi connectivity index (χ4v) is 3.10. The second-order valence-electron chi connectivity index (χ2n) is 7.19. The van der Waals surface area contributed by atoms with Gasteiger partial charge in [-0.1, -0.05) is 44.5 Å². The first kappa shape index (κ1) is 18.1. The van der Waals surface area contributed by atoms with Crippen molar-refractivity contribution >= 4 is 17.6 Å². The molecule has 1 atom stereocenters. The van der Waals surface area contributed by atoms with E-state index in [4.69, 9.17) is 11.6 Å². The molecule has 1 aliphatic heterocycles. The van der Waals surface area contributed by atoms with Crippen LogP contribution in [0.25, 0.3) is 0 Å². The van der Waals surface area contributed by atoms with Crippen molar-refractivity contribution in [3.8, 4) is 6.07 Å². The average Bonchev–Trinajstić information content (AvgIpc) is 2.45. The Morgan fingerprint density at radius 1 is 1.33 bits per heavy atom. The highest BCUT2D eigenvalue weighted by atomic mass is 35.5. The SMILES string of the molecule is CC1=C(C(=O)O)C(c2ccc(Cl)cc2)C(C#N)=C(CC(C)(C)C)N1. The molecule has 1 unspecified atom stereocenters. The summed E-state index contributed by atoms with van der Waals surface area (Å²) < 4.78 is 0. The number of carboxylic acid groups (broad SMARTS) is 1. The van der Waals surface area contributed by atoms with Crippen molar-refractivity contribution in [3.63, 3.8) is 0 Å². The Kier molecular flexibility index (Phi) is 5.05. The van der Waals surface area contributed by atoms with Crippen molar-refractivity contribution < 1.29 is 9.90 Å². The van der Waals surface area contributed by atoms with E-state index in [1.54, 1.807) is 31.2 Å². The first-order valence-electron chi connectivity index (χ1n) is 7.73. The number of dihydropyridines is 1. The molecule has 0 radical (unpaired) electrons. The van der Waals surface area contributed by atoms with Gasteiger partial charge in [0.1, 0.15) is 0 Å². The molecule has 0 saturated carbocycles. The van der Waals surface area contributed by atoms with Crippen LogP contribution in [0.1, 0.15) is 45.6 Å². The first-order chi connectivity index (χ1) is 11.1. The number of carboxylic acids is 1. The zero-order valence-corrected chi connectivity index (χ0v) is 15.0. The van der Waals surface area contributed by atoms with E-state index in [0.29, 0.717) is 22.7 Å². The molecule has 5 heteroatoms. The van der Waals surface area contributed by atoms with Gasteiger partial charge in [-0.15, -0.1) is 0 Å². The third-order valence-electron chi connectivity index (χ3n) is 3.91. The van der Waals surface area contributed by atoms with Gasteiger partial charge in [0.15, 0.2) is 0 Å². The topological polar surface area (TPSA) is 73.1 Å². The Morgan fingerprint density at radius 3 is 2.38 bits per heavy atom. The van der Waals surface area contributed by atoms with Crippen LogP contribution in [-0.2, 0) is 4.79 Å². The lowest BCUT2D eigenvalue weighted by atomic mass is 9.78. The molecule has 0 aromatic heterocycles. The molecule has 0 fully saturated rings. The van der Waals surface area contributed by atoms with Gasteiger partial charge in [0.25, 0.3) is 0 Å². The molecule has 0 aliphatic carbocycles. The molecule has 0 saturated heterocycles. The van der Waals surface area contributed by atoms with Crippen LogP contribution in [0.3, 0.4) is 0 Å². The zero-order chi connectivity index (χ0) is 18.1. The van der Waals surface area contributed by atoms with Crippen molar-refractivity contribution in [1.82, 2.24) is 5.32 Å². The quantitative estimate of drug-likeness (QED) is 0.840. The van der Waals surface area contributed by atoms with E-state index in [2.05, 4.69) is 32.2 Å². The van der Waals surface area contributed by atoms with Gasteiger partial charge < -0.3 is 10.4 Å². The minimum atomic E-state index is -1.03. The maximum absolute atomic E-state index is 11.8. The Hall–Kier alpha value is -2.25. The third-order valence-corrected chi connectivity index (χ3v) is 4.16. The number of rotatable bonds is 3. The number of benzene rings is 1. The summed E-state index contributed by atoms with van der Waals surface area (Å²) in [6.07, 6.45) is 0.657. The number of carbonyl (C=O) groups is 1. The molecule has 1 heterocycles. The number of hydrogen-bond donors (Lipinski definition) is 2. The second kappa shape index (κ2) is 6.70. The smallest absolute Gasteiger partial charge is 0.334 e. The van der Waals surface area contributed by atoms with Crippen LogP contribution in [0, 0.1) is 16.7 Å². The van der Waals surface area contributed by atoms with Crippen LogP contribution >= 0.6 is 11.6 Å². The monoisotopic (exact) mass is 344 g/mol. The molecule has 1 aliphatic rings. The normalized spacial score (nSPS) is 18.2. The van der Waals surface area contributed by atoms with Gasteiger partial charge in [-0.25, -0.2) is 4.79 Å². The lowest BCUT2D eigenvalue weighted by Gasteiger charge is -2.31. The van der Waals surface area contributed by atoms with E-state index in [1.807, 2.05) is 0 Å². The maximum Gasteiger partial charge on any atom is 0.334 e. The molecular formula is C19H21ClN2O2. The molecule has 0 amide bonds. The molecule has 2 N–H and O–H groups in total. The molecule has 1 aromatic rings. The van der Waals surface area contributed by atoms with Crippen molar-refractivity contribution in [2.24, 2.45) is 5.41 Å². The van der Waals surface area contributed by atoms with E-state index in [1.165, 1.54) is 0 Å². The third kappa shape index (κ3) is 3.80. The highest BCUT2D eigenvalue weighted by Gasteiger charge is 2.35. The Morgan fingerprint density at radius 2 is 1.92 bits per heavy atom. The van der Waals surface area contributed by atoms with Crippen LogP contribution in [-0.4, -0.2) is 11.1 Å². The van der Waals surface area contributed by atoms with E-state index in [9.17, 15) is 15.2 Å². The summed E-state index contributed by atoms with van der Waals surface area (Å²) in [6.45, 7) is 7.99. The minimum absolute atomic E-state index is 0.0318. The van der Waals surface area contributed by atoms with Crippen molar-refractivity contribution in [2.45, 2.75) is 40.0 Å². The van der Waals surface area contributed by atoms with Gasteiger partial charge in [0, 0.05) is 16.4 Å². The lowest BCUT2D eigenvalue weighted by Crippen LogP contribution is -2.30. The van der Waals surface area contributed by atoms with E-state index < -0.39 is 11.9 Å². The molecule has 126 valence electrons. The van der Waals surface area contributed by atoms with Crippen LogP contribution in [0.4, 0.5) is 0 Å². The fraction of sp³-hybridized carbons (Fsp3) is 0.368. The van der Waals surface area contributed by atoms with Crippen molar-refractivity contribution in [2.75, 3.05) is 0 Å². The predicted octanol–water partition coefficient (Wildman–Crippen LogP) is 4.60. The zero-order valence-electron chi connectivity index (χ0n) is 14.3. The first-order valence-corrected chi connectivity index (χ1v) is 8.11. The van der Waals surface area contributed by atoms with Gasteiger partial charge in [-0.05, 0) is 36.5 Å². The molecular weight excluding hydrogens is 324 g/mol. The van der Waals surface area contributed by atoms with Crippen LogP contribution in [0.5, 0.6) is 0 Å². The number of aliphatic carboxylic acids is 1. The molecule has 0 spiro atoms. The van der Waals surface area contributed by atoms with Gasteiger partial charge in [0.2, 0.25) is 0 Å². The van der Waals surface area contributed by atoms with E-state index in [-0.39, 0.29) is 11.0 Å². The van der Waals surface area contributed by atoms with E-state index >= 15 is 0 Å². The Bertz CT molecular complexity index is 762. The Labute approximate surface area is 147 Å². The molecule has 1 aromatic carbocycles. The summed E-state index contributed by atoms with van der Waals surface area (Å²) in [5, 5.41) is 23.1. The number of nitrogens with zero attached hydrogens (tertiary/aromatic N) is 1. The number of hydrogen-bond acceptors (Lipinski definition) is 3. The van der Waals surface area contributed by atoms with Gasteiger partial charge in [-0.3, -0.25) is 0 Å². The summed E-state index contributed by atoms with van der Waals surface area (Å²) in [4.78, 5) is 11.8. The largest absolute Gasteiger partial charge is 0.478 e. The second-order valence-corrected chi connectivity index (χ2v) is 7.63. The van der Waals surface area contributed by atoms with Crippen molar-refractivity contribution in [1.29, 1.82) is 5.26 Å². The predicted molar refractivity (Wildman–Crippen MR) is 94.4 cm³/mol. The van der Waals surface area contributed by atoms with Gasteiger partial charge in [0.05, 0.1) is 23.1 Å². The summed E-state index contributed by atoms with van der Waals surface area (Å²) in [5.41, 5.74) is 2.73. The van der Waals surface area contributed by atoms with E-state index in [0.717, 1.165) is 11.3 Å². The number of allylic oxidation sites excluding steroid dienone is 3. The summed E-state index contributed by atoms with van der Waals surface area (Å²) in [5.74, 6) is -1.62. The summed E-state index contributed by atoms with van der Waals surface area (Å²) >= 11 is 5.95. The summed E-state index contributed by atoms with van der Waals surface area (Å²) in [7, 11) is 0. The van der Waals surface area contributed by atoms with Crippen LogP contribution < -0.4 is 5.32 Å². The number of nitriles is 1. The Balaban J connectivity index is 2.64. The summed E-state index contributed by atoms with van der Waals surface area (Å²) in [6, 6.07) is 9.22. The van der Waals surface area contributed by atoms with Gasteiger partial charge in [-0.2, -0.15) is 5.26 Å². The molecule has 4 nitrogen and oxygen atoms in total. The minimum Gasteiger partial charge on any atom is -0.478 e. The lowest BCUT2D eigenvalue weighted by molar-refractivity contribution is -0.133. The highest BCUT2D eigenvalue weighted by molar-refractivity contribution is 6.30. The average molecular weight is 345 g/mol. The standard InChI is InChI=1S/C19H21ClN2O2/c1-11-16(18(23)24)17(12-5-7-13(20)8-6-12)14(10-21)15(22-11)9-19(2,3)4/h5-8,17,22H,9H2,1-4H3,(H,23,24). The molecule has 2 rings (SSSR count). The van der Waals surface area contributed by atoms with Crippen LogP contribution in [0.15, 0.2) is 46.8 Å². The molecule has 24 heavy (non-hydrogen) atoms. The molecule has 0 bridgehead atoms.